The van der Waals surface area contributed by atoms with Crippen LogP contribution in [0.1, 0.15) is 31.9 Å². The van der Waals surface area contributed by atoms with E-state index in [1.165, 1.54) is 19.3 Å². The van der Waals surface area contributed by atoms with Crippen LogP contribution in [0.15, 0.2) is 18.6 Å². The fourth-order valence-corrected chi connectivity index (χ4v) is 2.06. The molecule has 0 spiro atoms. The minimum Gasteiger partial charge on any atom is -0.308 e. The lowest BCUT2D eigenvalue weighted by molar-refractivity contribution is 0.498. The summed E-state index contributed by atoms with van der Waals surface area (Å²) in [5, 5.41) is 3.54. The second-order valence-corrected chi connectivity index (χ2v) is 4.20. The lowest BCUT2D eigenvalue weighted by Crippen LogP contribution is -2.26. The molecule has 2 unspecified atom stereocenters. The molecule has 1 saturated carbocycles. The topological polar surface area (TPSA) is 37.8 Å². The van der Waals surface area contributed by atoms with Crippen molar-refractivity contribution in [2.45, 2.75) is 38.8 Å². The summed E-state index contributed by atoms with van der Waals surface area (Å²) < 4.78 is 0. The van der Waals surface area contributed by atoms with E-state index in [1.807, 2.05) is 6.07 Å². The highest BCUT2D eigenvalue weighted by Crippen LogP contribution is 2.24. The van der Waals surface area contributed by atoms with E-state index in [4.69, 9.17) is 0 Å². The third-order valence-electron chi connectivity index (χ3n) is 2.91. The maximum Gasteiger partial charge on any atom is 0.115 e. The van der Waals surface area contributed by atoms with Crippen LogP contribution in [0.2, 0.25) is 0 Å². The molecule has 0 radical (unpaired) electrons. The summed E-state index contributed by atoms with van der Waals surface area (Å²) in [6, 6.07) is 2.66. The summed E-state index contributed by atoms with van der Waals surface area (Å²) in [5.74, 6) is 0.887. The van der Waals surface area contributed by atoms with Crippen molar-refractivity contribution in [2.24, 2.45) is 5.92 Å². The van der Waals surface area contributed by atoms with E-state index < -0.39 is 0 Å². The first kappa shape index (κ1) is 9.59. The quantitative estimate of drug-likeness (QED) is 0.791. The smallest absolute Gasteiger partial charge is 0.115 e. The molecule has 3 nitrogen and oxygen atoms in total. The zero-order valence-corrected chi connectivity index (χ0v) is 8.61. The van der Waals surface area contributed by atoms with Crippen LogP contribution >= 0.6 is 0 Å². The Morgan fingerprint density at radius 1 is 1.50 bits per heavy atom. The van der Waals surface area contributed by atoms with Gasteiger partial charge in [-0.25, -0.2) is 9.97 Å². The molecule has 0 saturated heterocycles. The fraction of sp³-hybridized carbons (Fsp3) is 0.636. The average Bonchev–Trinajstić information content (AvgIpc) is 2.63. The van der Waals surface area contributed by atoms with E-state index in [0.717, 1.165) is 18.2 Å². The molecule has 1 N–H and O–H groups in total. The SMILES string of the molecule is CC1CCC(NCc2ccncn2)C1. The number of nitrogens with one attached hydrogen (secondary N) is 1. The molecule has 1 aromatic heterocycles. The van der Waals surface area contributed by atoms with E-state index in [2.05, 4.69) is 22.2 Å². The van der Waals surface area contributed by atoms with Gasteiger partial charge < -0.3 is 5.32 Å². The van der Waals surface area contributed by atoms with Gasteiger partial charge in [0.2, 0.25) is 0 Å². The number of rotatable bonds is 3. The molecule has 0 aliphatic heterocycles. The Balaban J connectivity index is 1.78. The Bertz CT molecular complexity index is 273. The Morgan fingerprint density at radius 2 is 2.43 bits per heavy atom. The molecule has 0 amide bonds. The van der Waals surface area contributed by atoms with Crippen molar-refractivity contribution < 1.29 is 0 Å². The second-order valence-electron chi connectivity index (χ2n) is 4.20. The third kappa shape index (κ3) is 2.51. The molecule has 1 aromatic rings. The molecule has 1 heterocycles. The zero-order chi connectivity index (χ0) is 9.80. The standard InChI is InChI=1S/C11H17N3/c1-9-2-3-10(6-9)13-7-11-4-5-12-8-14-11/h4-5,8-10,13H,2-3,6-7H2,1H3. The Kier molecular flexibility index (Phi) is 3.09. The summed E-state index contributed by atoms with van der Waals surface area (Å²) in [5.41, 5.74) is 1.08. The highest BCUT2D eigenvalue weighted by atomic mass is 14.9. The first-order valence-electron chi connectivity index (χ1n) is 5.33. The first-order valence-corrected chi connectivity index (χ1v) is 5.33. The van der Waals surface area contributed by atoms with E-state index in [1.54, 1.807) is 12.5 Å². The molecular formula is C11H17N3. The highest BCUT2D eigenvalue weighted by molar-refractivity contribution is 4.97. The summed E-state index contributed by atoms with van der Waals surface area (Å²) in [7, 11) is 0. The molecule has 1 aliphatic rings. The molecule has 0 bridgehead atoms. The predicted molar refractivity (Wildman–Crippen MR) is 55.7 cm³/mol. The largest absolute Gasteiger partial charge is 0.308 e. The van der Waals surface area contributed by atoms with Crippen LogP contribution in [0.5, 0.6) is 0 Å². The van der Waals surface area contributed by atoms with Crippen molar-refractivity contribution in [3.8, 4) is 0 Å². The van der Waals surface area contributed by atoms with Gasteiger partial charge in [-0.05, 0) is 31.2 Å². The zero-order valence-electron chi connectivity index (χ0n) is 8.61. The maximum atomic E-state index is 4.19. The van der Waals surface area contributed by atoms with Gasteiger partial charge in [0.15, 0.2) is 0 Å². The fourth-order valence-electron chi connectivity index (χ4n) is 2.06. The lowest BCUT2D eigenvalue weighted by atomic mass is 10.1. The van der Waals surface area contributed by atoms with Gasteiger partial charge in [0.1, 0.15) is 6.33 Å². The number of hydrogen-bond acceptors (Lipinski definition) is 3. The van der Waals surface area contributed by atoms with Crippen molar-refractivity contribution >= 4 is 0 Å². The number of nitrogens with zero attached hydrogens (tertiary/aromatic N) is 2. The first-order chi connectivity index (χ1) is 6.84. The normalized spacial score (nSPS) is 26.6. The monoisotopic (exact) mass is 191 g/mol. The van der Waals surface area contributed by atoms with E-state index >= 15 is 0 Å². The molecule has 14 heavy (non-hydrogen) atoms. The van der Waals surface area contributed by atoms with Crippen LogP contribution in [0, 0.1) is 5.92 Å². The lowest BCUT2D eigenvalue weighted by Gasteiger charge is -2.11. The van der Waals surface area contributed by atoms with Gasteiger partial charge >= 0.3 is 0 Å². The van der Waals surface area contributed by atoms with Crippen LogP contribution in [0.25, 0.3) is 0 Å². The van der Waals surface area contributed by atoms with Crippen molar-refractivity contribution in [1.82, 2.24) is 15.3 Å². The predicted octanol–water partition coefficient (Wildman–Crippen LogP) is 1.75. The van der Waals surface area contributed by atoms with Crippen molar-refractivity contribution in [1.29, 1.82) is 0 Å². The van der Waals surface area contributed by atoms with E-state index in [9.17, 15) is 0 Å². The van der Waals surface area contributed by atoms with Gasteiger partial charge in [-0.2, -0.15) is 0 Å². The number of aromatic nitrogens is 2. The molecule has 1 aliphatic carbocycles. The third-order valence-corrected chi connectivity index (χ3v) is 2.91. The molecular weight excluding hydrogens is 174 g/mol. The van der Waals surface area contributed by atoms with E-state index in [0.29, 0.717) is 6.04 Å². The Labute approximate surface area is 85.0 Å². The summed E-state index contributed by atoms with van der Waals surface area (Å²) in [6.07, 6.45) is 7.38. The van der Waals surface area contributed by atoms with Gasteiger partial charge in [-0.1, -0.05) is 6.92 Å². The van der Waals surface area contributed by atoms with Gasteiger partial charge in [0.25, 0.3) is 0 Å². The second kappa shape index (κ2) is 4.51. The van der Waals surface area contributed by atoms with Gasteiger partial charge in [0.05, 0.1) is 5.69 Å². The Hall–Kier alpha value is -0.960. The van der Waals surface area contributed by atoms with Crippen LogP contribution in [-0.2, 0) is 6.54 Å². The summed E-state index contributed by atoms with van der Waals surface area (Å²) in [4.78, 5) is 8.08. The molecule has 76 valence electrons. The van der Waals surface area contributed by atoms with Gasteiger partial charge in [0, 0.05) is 18.8 Å². The minimum absolute atomic E-state index is 0.694. The molecule has 3 heteroatoms. The van der Waals surface area contributed by atoms with Gasteiger partial charge in [-0.3, -0.25) is 0 Å². The molecule has 2 rings (SSSR count). The van der Waals surface area contributed by atoms with Crippen LogP contribution in [-0.4, -0.2) is 16.0 Å². The average molecular weight is 191 g/mol. The highest BCUT2D eigenvalue weighted by Gasteiger charge is 2.20. The maximum absolute atomic E-state index is 4.19. The van der Waals surface area contributed by atoms with E-state index in [-0.39, 0.29) is 0 Å². The van der Waals surface area contributed by atoms with Crippen LogP contribution < -0.4 is 5.32 Å². The van der Waals surface area contributed by atoms with Gasteiger partial charge in [-0.15, -0.1) is 0 Å². The summed E-state index contributed by atoms with van der Waals surface area (Å²) >= 11 is 0. The molecule has 1 fully saturated rings. The minimum atomic E-state index is 0.694. The Morgan fingerprint density at radius 3 is 3.07 bits per heavy atom. The molecule has 2 atom stereocenters. The van der Waals surface area contributed by atoms with Crippen molar-refractivity contribution in [2.75, 3.05) is 0 Å². The van der Waals surface area contributed by atoms with Crippen LogP contribution in [0.3, 0.4) is 0 Å². The van der Waals surface area contributed by atoms with Crippen molar-refractivity contribution in [3.63, 3.8) is 0 Å². The molecule has 0 aromatic carbocycles. The number of hydrogen-bond donors (Lipinski definition) is 1. The van der Waals surface area contributed by atoms with Crippen LogP contribution in [0.4, 0.5) is 0 Å². The van der Waals surface area contributed by atoms with Crippen molar-refractivity contribution in [3.05, 3.63) is 24.3 Å². The summed E-state index contributed by atoms with van der Waals surface area (Å²) in [6.45, 7) is 3.20.